The van der Waals surface area contributed by atoms with Crippen LogP contribution in [0, 0.1) is 0 Å². The minimum atomic E-state index is -0.111. The lowest BCUT2D eigenvalue weighted by molar-refractivity contribution is -0.120. The summed E-state index contributed by atoms with van der Waals surface area (Å²) in [4.78, 5) is 19.3. The summed E-state index contributed by atoms with van der Waals surface area (Å²) in [5, 5.41) is 3.35. The van der Waals surface area contributed by atoms with Gasteiger partial charge in [-0.25, -0.2) is 4.98 Å². The second-order valence-electron chi connectivity index (χ2n) is 5.61. The van der Waals surface area contributed by atoms with E-state index in [1.807, 2.05) is 35.4 Å². The Bertz CT molecular complexity index is 678. The van der Waals surface area contributed by atoms with E-state index < -0.39 is 0 Å². The number of rotatable bonds is 1. The van der Waals surface area contributed by atoms with Crippen molar-refractivity contribution < 1.29 is 4.79 Å². The summed E-state index contributed by atoms with van der Waals surface area (Å²) in [6, 6.07) is 8.01. The van der Waals surface area contributed by atoms with Crippen molar-refractivity contribution in [1.82, 2.24) is 9.55 Å². The topological polar surface area (TPSA) is 50.2 Å². The van der Waals surface area contributed by atoms with Gasteiger partial charge < -0.3 is 14.8 Å². The first kappa shape index (κ1) is 12.4. The highest BCUT2D eigenvalue weighted by Gasteiger charge is 2.33. The van der Waals surface area contributed by atoms with Gasteiger partial charge in [0.2, 0.25) is 5.91 Å². The Hall–Kier alpha value is -2.30. The van der Waals surface area contributed by atoms with Crippen molar-refractivity contribution in [2.75, 3.05) is 23.3 Å². The van der Waals surface area contributed by atoms with Gasteiger partial charge in [0.15, 0.2) is 0 Å². The number of hydrogen-bond donors (Lipinski definition) is 1. The van der Waals surface area contributed by atoms with Crippen LogP contribution < -0.4 is 10.2 Å². The number of aromatic nitrogens is 2. The molecule has 1 amide bonds. The van der Waals surface area contributed by atoms with E-state index in [9.17, 15) is 4.79 Å². The Labute approximate surface area is 123 Å². The molecule has 2 aromatic rings. The second kappa shape index (κ2) is 4.91. The van der Waals surface area contributed by atoms with Gasteiger partial charge in [-0.15, -0.1) is 0 Å². The normalized spacial score (nSPS) is 20.4. The van der Waals surface area contributed by atoms with Crippen LogP contribution in [-0.4, -0.2) is 28.5 Å². The number of para-hydroxylation sites is 2. The summed E-state index contributed by atoms with van der Waals surface area (Å²) in [6.07, 6.45) is 5.70. The number of benzene rings is 1. The zero-order valence-electron chi connectivity index (χ0n) is 11.8. The Morgan fingerprint density at radius 3 is 3.14 bits per heavy atom. The SMILES string of the molecule is O=C(C1CCCn2ccnc21)N1CCNc2ccccc21. The van der Waals surface area contributed by atoms with Gasteiger partial charge in [0.05, 0.1) is 17.3 Å². The predicted molar refractivity (Wildman–Crippen MR) is 81.5 cm³/mol. The molecule has 1 aromatic heterocycles. The number of carbonyl (C=O) groups is 1. The highest BCUT2D eigenvalue weighted by atomic mass is 16.2. The molecular weight excluding hydrogens is 264 g/mol. The number of imidazole rings is 1. The molecule has 0 radical (unpaired) electrons. The molecular formula is C16H18N4O. The fourth-order valence-electron chi connectivity index (χ4n) is 3.35. The molecule has 1 unspecified atom stereocenters. The number of nitrogens with one attached hydrogen (secondary N) is 1. The molecule has 0 spiro atoms. The highest BCUT2D eigenvalue weighted by molar-refractivity contribution is 6.01. The number of aryl methyl sites for hydroxylation is 1. The van der Waals surface area contributed by atoms with Crippen LogP contribution >= 0.6 is 0 Å². The molecule has 2 aliphatic heterocycles. The van der Waals surface area contributed by atoms with Crippen molar-refractivity contribution >= 4 is 17.3 Å². The van der Waals surface area contributed by atoms with Gasteiger partial charge in [0, 0.05) is 32.0 Å². The average molecular weight is 282 g/mol. The van der Waals surface area contributed by atoms with Crippen molar-refractivity contribution in [2.45, 2.75) is 25.3 Å². The van der Waals surface area contributed by atoms with Gasteiger partial charge in [-0.1, -0.05) is 12.1 Å². The molecule has 4 rings (SSSR count). The lowest BCUT2D eigenvalue weighted by Crippen LogP contribution is -2.42. The monoisotopic (exact) mass is 282 g/mol. The Morgan fingerprint density at radius 1 is 1.29 bits per heavy atom. The smallest absolute Gasteiger partial charge is 0.237 e. The minimum Gasteiger partial charge on any atom is -0.382 e. The third-order valence-electron chi connectivity index (χ3n) is 4.36. The molecule has 0 bridgehead atoms. The molecule has 2 aliphatic rings. The van der Waals surface area contributed by atoms with Crippen LogP contribution in [0.5, 0.6) is 0 Å². The maximum Gasteiger partial charge on any atom is 0.237 e. The molecule has 21 heavy (non-hydrogen) atoms. The first-order valence-electron chi connectivity index (χ1n) is 7.50. The molecule has 1 aromatic carbocycles. The second-order valence-corrected chi connectivity index (χ2v) is 5.61. The maximum atomic E-state index is 13.0. The van der Waals surface area contributed by atoms with Crippen molar-refractivity contribution in [3.8, 4) is 0 Å². The standard InChI is InChI=1S/C16H18N4O/c21-16(12-4-3-9-19-10-7-18-15(12)19)20-11-8-17-13-5-1-2-6-14(13)20/h1-2,5-7,10,12,17H,3-4,8-9,11H2. The molecule has 5 heteroatoms. The summed E-state index contributed by atoms with van der Waals surface area (Å²) in [6.45, 7) is 2.48. The molecule has 0 saturated heterocycles. The lowest BCUT2D eigenvalue weighted by atomic mass is 9.96. The van der Waals surface area contributed by atoms with Crippen LogP contribution in [0.4, 0.5) is 11.4 Å². The molecule has 5 nitrogen and oxygen atoms in total. The molecule has 0 aliphatic carbocycles. The Morgan fingerprint density at radius 2 is 2.19 bits per heavy atom. The molecule has 0 fully saturated rings. The van der Waals surface area contributed by atoms with Crippen LogP contribution in [0.15, 0.2) is 36.7 Å². The molecule has 108 valence electrons. The zero-order valence-corrected chi connectivity index (χ0v) is 11.8. The van der Waals surface area contributed by atoms with Crippen LogP contribution in [0.2, 0.25) is 0 Å². The van der Waals surface area contributed by atoms with E-state index in [-0.39, 0.29) is 11.8 Å². The Kier molecular flexibility index (Phi) is 2.91. The quantitative estimate of drug-likeness (QED) is 0.872. The zero-order chi connectivity index (χ0) is 14.2. The summed E-state index contributed by atoms with van der Waals surface area (Å²) < 4.78 is 2.11. The van der Waals surface area contributed by atoms with Crippen LogP contribution in [0.1, 0.15) is 24.6 Å². The number of anilines is 2. The molecule has 1 atom stereocenters. The van der Waals surface area contributed by atoms with Crippen LogP contribution in [0.25, 0.3) is 0 Å². The van der Waals surface area contributed by atoms with Crippen LogP contribution in [0.3, 0.4) is 0 Å². The number of carbonyl (C=O) groups excluding carboxylic acids is 1. The van der Waals surface area contributed by atoms with Gasteiger partial charge in [-0.3, -0.25) is 4.79 Å². The largest absolute Gasteiger partial charge is 0.382 e. The number of amides is 1. The minimum absolute atomic E-state index is 0.111. The molecule has 3 heterocycles. The summed E-state index contributed by atoms with van der Waals surface area (Å²) in [5.41, 5.74) is 2.02. The van der Waals surface area contributed by atoms with Gasteiger partial charge >= 0.3 is 0 Å². The van der Waals surface area contributed by atoms with Crippen molar-refractivity contribution in [3.63, 3.8) is 0 Å². The van der Waals surface area contributed by atoms with E-state index in [1.54, 1.807) is 6.20 Å². The fourth-order valence-corrected chi connectivity index (χ4v) is 3.35. The predicted octanol–water partition coefficient (Wildman–Crippen LogP) is 2.22. The van der Waals surface area contributed by atoms with Gasteiger partial charge in [-0.2, -0.15) is 0 Å². The summed E-state index contributed by atoms with van der Waals surface area (Å²) in [5.74, 6) is 0.985. The maximum absolute atomic E-state index is 13.0. The third-order valence-corrected chi connectivity index (χ3v) is 4.36. The molecule has 0 saturated carbocycles. The summed E-state index contributed by atoms with van der Waals surface area (Å²) >= 11 is 0. The van der Waals surface area contributed by atoms with Gasteiger partial charge in [0.25, 0.3) is 0 Å². The van der Waals surface area contributed by atoms with E-state index in [4.69, 9.17) is 0 Å². The summed E-state index contributed by atoms with van der Waals surface area (Å²) in [7, 11) is 0. The Balaban J connectivity index is 1.68. The van der Waals surface area contributed by atoms with E-state index in [1.165, 1.54) is 0 Å². The van der Waals surface area contributed by atoms with Crippen molar-refractivity contribution in [2.24, 2.45) is 0 Å². The lowest BCUT2D eigenvalue weighted by Gasteiger charge is -2.34. The van der Waals surface area contributed by atoms with E-state index in [0.29, 0.717) is 6.54 Å². The molecule has 1 N–H and O–H groups in total. The number of fused-ring (bicyclic) bond motifs is 2. The van der Waals surface area contributed by atoms with Crippen molar-refractivity contribution in [3.05, 3.63) is 42.5 Å². The van der Waals surface area contributed by atoms with E-state index in [0.717, 1.165) is 43.1 Å². The number of nitrogens with zero attached hydrogens (tertiary/aromatic N) is 3. The van der Waals surface area contributed by atoms with Gasteiger partial charge in [-0.05, 0) is 25.0 Å². The van der Waals surface area contributed by atoms with E-state index in [2.05, 4.69) is 14.9 Å². The highest BCUT2D eigenvalue weighted by Crippen LogP contribution is 2.34. The average Bonchev–Trinajstić information content (AvgIpc) is 3.02. The first-order valence-corrected chi connectivity index (χ1v) is 7.50. The van der Waals surface area contributed by atoms with Crippen LogP contribution in [-0.2, 0) is 11.3 Å². The first-order chi connectivity index (χ1) is 10.3. The fraction of sp³-hybridized carbons (Fsp3) is 0.375. The van der Waals surface area contributed by atoms with E-state index >= 15 is 0 Å². The van der Waals surface area contributed by atoms with Gasteiger partial charge in [0.1, 0.15) is 5.82 Å². The number of hydrogen-bond acceptors (Lipinski definition) is 3. The third kappa shape index (κ3) is 2.00. The van der Waals surface area contributed by atoms with Crippen molar-refractivity contribution in [1.29, 1.82) is 0 Å².